The SMILES string of the molecule is CC(C)(CNC(=O)C1(c2cccc(Cl)c2)CCCCC1)N1CCOCC1. The molecule has 4 nitrogen and oxygen atoms in total. The average molecular weight is 379 g/mol. The summed E-state index contributed by atoms with van der Waals surface area (Å²) in [6.45, 7) is 8.42. The molecule has 0 bridgehead atoms. The van der Waals surface area contributed by atoms with Crippen molar-refractivity contribution in [1.82, 2.24) is 10.2 Å². The number of amides is 1. The predicted molar refractivity (Wildman–Crippen MR) is 106 cm³/mol. The van der Waals surface area contributed by atoms with Crippen molar-refractivity contribution >= 4 is 17.5 Å². The molecule has 3 rings (SSSR count). The zero-order chi connectivity index (χ0) is 18.6. The third kappa shape index (κ3) is 4.24. The van der Waals surface area contributed by atoms with Gasteiger partial charge in [-0.2, -0.15) is 0 Å². The molecule has 1 heterocycles. The van der Waals surface area contributed by atoms with Crippen LogP contribution in [0.3, 0.4) is 0 Å². The molecule has 0 radical (unpaired) electrons. The molecule has 1 amide bonds. The van der Waals surface area contributed by atoms with E-state index in [0.717, 1.165) is 57.6 Å². The molecule has 2 fully saturated rings. The van der Waals surface area contributed by atoms with Gasteiger partial charge >= 0.3 is 0 Å². The van der Waals surface area contributed by atoms with Crippen LogP contribution in [0.1, 0.15) is 51.5 Å². The fourth-order valence-electron chi connectivity index (χ4n) is 4.33. The Hall–Kier alpha value is -1.10. The van der Waals surface area contributed by atoms with Gasteiger partial charge in [0, 0.05) is 30.2 Å². The van der Waals surface area contributed by atoms with Gasteiger partial charge in [0.25, 0.3) is 0 Å². The molecular formula is C21H31ClN2O2. The summed E-state index contributed by atoms with van der Waals surface area (Å²) in [7, 11) is 0. The van der Waals surface area contributed by atoms with Gasteiger partial charge in [-0.25, -0.2) is 0 Å². The fourth-order valence-corrected chi connectivity index (χ4v) is 4.52. The van der Waals surface area contributed by atoms with E-state index in [2.05, 4.69) is 30.1 Å². The van der Waals surface area contributed by atoms with E-state index < -0.39 is 5.41 Å². The molecule has 0 spiro atoms. The van der Waals surface area contributed by atoms with E-state index >= 15 is 0 Å². The van der Waals surface area contributed by atoms with Crippen molar-refractivity contribution in [3.63, 3.8) is 0 Å². The number of carbonyl (C=O) groups is 1. The average Bonchev–Trinajstić information content (AvgIpc) is 2.67. The highest BCUT2D eigenvalue weighted by Gasteiger charge is 2.42. The Labute approximate surface area is 162 Å². The van der Waals surface area contributed by atoms with E-state index in [1.807, 2.05) is 18.2 Å². The lowest BCUT2D eigenvalue weighted by Crippen LogP contribution is -2.57. The standard InChI is InChI=1S/C21H31ClN2O2/c1-20(2,24-11-13-26-14-12-24)16-23-19(25)21(9-4-3-5-10-21)17-7-6-8-18(22)15-17/h6-8,15H,3-5,9-14,16H2,1-2H3,(H,23,25). The Morgan fingerprint density at radius 3 is 2.58 bits per heavy atom. The van der Waals surface area contributed by atoms with Crippen molar-refractivity contribution < 1.29 is 9.53 Å². The molecule has 1 aromatic rings. The van der Waals surface area contributed by atoms with E-state index in [1.54, 1.807) is 0 Å². The van der Waals surface area contributed by atoms with Crippen molar-refractivity contribution in [2.75, 3.05) is 32.8 Å². The summed E-state index contributed by atoms with van der Waals surface area (Å²) in [5, 5.41) is 3.99. The maximum atomic E-state index is 13.4. The zero-order valence-electron chi connectivity index (χ0n) is 16.0. The van der Waals surface area contributed by atoms with Crippen LogP contribution in [0.4, 0.5) is 0 Å². The fraction of sp³-hybridized carbons (Fsp3) is 0.667. The van der Waals surface area contributed by atoms with Gasteiger partial charge in [-0.3, -0.25) is 9.69 Å². The normalized spacial score (nSPS) is 21.3. The number of benzene rings is 1. The highest BCUT2D eigenvalue weighted by Crippen LogP contribution is 2.40. The van der Waals surface area contributed by atoms with Crippen molar-refractivity contribution in [1.29, 1.82) is 0 Å². The summed E-state index contributed by atoms with van der Waals surface area (Å²) in [6, 6.07) is 7.86. The lowest BCUT2D eigenvalue weighted by Gasteiger charge is -2.42. The van der Waals surface area contributed by atoms with E-state index in [4.69, 9.17) is 16.3 Å². The Morgan fingerprint density at radius 1 is 1.23 bits per heavy atom. The number of hydrogen-bond donors (Lipinski definition) is 1. The van der Waals surface area contributed by atoms with Gasteiger partial charge in [0.05, 0.1) is 18.6 Å². The number of ether oxygens (including phenoxy) is 1. The third-order valence-corrected chi connectivity index (χ3v) is 6.30. The van der Waals surface area contributed by atoms with Crippen LogP contribution in [0.5, 0.6) is 0 Å². The van der Waals surface area contributed by atoms with Crippen molar-refractivity contribution in [3.05, 3.63) is 34.9 Å². The summed E-state index contributed by atoms with van der Waals surface area (Å²) in [6.07, 6.45) is 5.18. The Balaban J connectivity index is 1.74. The third-order valence-electron chi connectivity index (χ3n) is 6.07. The van der Waals surface area contributed by atoms with Crippen LogP contribution < -0.4 is 5.32 Å². The summed E-state index contributed by atoms with van der Waals surface area (Å²) in [4.78, 5) is 15.8. The molecule has 2 aliphatic rings. The van der Waals surface area contributed by atoms with Gasteiger partial charge in [0.2, 0.25) is 5.91 Å². The maximum Gasteiger partial charge on any atom is 0.230 e. The van der Waals surface area contributed by atoms with Crippen LogP contribution in [-0.4, -0.2) is 49.2 Å². The second kappa shape index (κ2) is 8.28. The number of halogens is 1. The largest absolute Gasteiger partial charge is 0.379 e. The Morgan fingerprint density at radius 2 is 1.92 bits per heavy atom. The smallest absolute Gasteiger partial charge is 0.230 e. The molecule has 26 heavy (non-hydrogen) atoms. The summed E-state index contributed by atoms with van der Waals surface area (Å²) >= 11 is 6.23. The molecule has 0 aromatic heterocycles. The molecule has 5 heteroatoms. The number of morpholine rings is 1. The Bertz CT molecular complexity index is 620. The molecule has 1 aliphatic carbocycles. The highest BCUT2D eigenvalue weighted by atomic mass is 35.5. The molecule has 1 saturated heterocycles. The van der Waals surface area contributed by atoms with Crippen LogP contribution >= 0.6 is 11.6 Å². The minimum absolute atomic E-state index is 0.0797. The van der Waals surface area contributed by atoms with Gasteiger partial charge < -0.3 is 10.1 Å². The number of hydrogen-bond acceptors (Lipinski definition) is 3. The number of nitrogens with one attached hydrogen (secondary N) is 1. The minimum Gasteiger partial charge on any atom is -0.379 e. The summed E-state index contributed by atoms with van der Waals surface area (Å²) in [5.41, 5.74) is 0.541. The second-order valence-corrected chi connectivity index (χ2v) is 8.68. The van der Waals surface area contributed by atoms with E-state index in [9.17, 15) is 4.79 Å². The van der Waals surface area contributed by atoms with Crippen molar-refractivity contribution in [2.24, 2.45) is 0 Å². The van der Waals surface area contributed by atoms with Crippen molar-refractivity contribution in [2.45, 2.75) is 56.9 Å². The van der Waals surface area contributed by atoms with Gasteiger partial charge in [-0.05, 0) is 44.4 Å². The number of nitrogens with zero attached hydrogens (tertiary/aromatic N) is 1. The minimum atomic E-state index is -0.440. The van der Waals surface area contributed by atoms with E-state index in [-0.39, 0.29) is 11.4 Å². The van der Waals surface area contributed by atoms with Crippen LogP contribution in [-0.2, 0) is 14.9 Å². The topological polar surface area (TPSA) is 41.6 Å². The molecule has 1 saturated carbocycles. The lowest BCUT2D eigenvalue weighted by atomic mass is 9.68. The van der Waals surface area contributed by atoms with Gasteiger partial charge in [-0.15, -0.1) is 0 Å². The van der Waals surface area contributed by atoms with Crippen molar-refractivity contribution in [3.8, 4) is 0 Å². The monoisotopic (exact) mass is 378 g/mol. The molecule has 0 atom stereocenters. The summed E-state index contributed by atoms with van der Waals surface area (Å²) in [5.74, 6) is 0.154. The second-order valence-electron chi connectivity index (χ2n) is 8.25. The van der Waals surface area contributed by atoms with Crippen LogP contribution in [0.25, 0.3) is 0 Å². The first-order chi connectivity index (χ1) is 12.4. The lowest BCUT2D eigenvalue weighted by molar-refractivity contribution is -0.128. The quantitative estimate of drug-likeness (QED) is 0.847. The first kappa shape index (κ1) is 19.7. The molecule has 144 valence electrons. The highest BCUT2D eigenvalue weighted by molar-refractivity contribution is 6.30. The number of carbonyl (C=O) groups excluding carboxylic acids is 1. The molecule has 0 unspecified atom stereocenters. The van der Waals surface area contributed by atoms with E-state index in [0.29, 0.717) is 11.6 Å². The maximum absolute atomic E-state index is 13.4. The zero-order valence-corrected chi connectivity index (χ0v) is 16.8. The molecule has 1 N–H and O–H groups in total. The van der Waals surface area contributed by atoms with Crippen LogP contribution in [0.2, 0.25) is 5.02 Å². The predicted octanol–water partition coefficient (Wildman–Crippen LogP) is 3.77. The van der Waals surface area contributed by atoms with Gasteiger partial charge in [0.1, 0.15) is 0 Å². The van der Waals surface area contributed by atoms with E-state index in [1.165, 1.54) is 6.42 Å². The Kier molecular flexibility index (Phi) is 6.26. The van der Waals surface area contributed by atoms with Gasteiger partial charge in [-0.1, -0.05) is 43.0 Å². The molecular weight excluding hydrogens is 348 g/mol. The number of rotatable bonds is 5. The molecule has 1 aromatic carbocycles. The first-order valence-electron chi connectivity index (χ1n) is 9.81. The van der Waals surface area contributed by atoms with Crippen LogP contribution in [0, 0.1) is 0 Å². The molecule has 1 aliphatic heterocycles. The summed E-state index contributed by atoms with van der Waals surface area (Å²) < 4.78 is 5.46. The first-order valence-corrected chi connectivity index (χ1v) is 10.2. The van der Waals surface area contributed by atoms with Crippen LogP contribution in [0.15, 0.2) is 24.3 Å². The van der Waals surface area contributed by atoms with Gasteiger partial charge in [0.15, 0.2) is 0 Å².